The molecule has 1 saturated carbocycles. The first-order chi connectivity index (χ1) is 6.90. The zero-order valence-corrected chi connectivity index (χ0v) is 9.80. The normalized spacial score (nSPS) is 20.1. The van der Waals surface area contributed by atoms with Crippen molar-refractivity contribution in [3.05, 3.63) is 0 Å². The van der Waals surface area contributed by atoms with Gasteiger partial charge in [-0.25, -0.2) is 4.79 Å². The van der Waals surface area contributed by atoms with Crippen molar-refractivity contribution >= 4 is 16.1 Å². The van der Waals surface area contributed by atoms with Gasteiger partial charge in [0.1, 0.15) is 0 Å². The van der Waals surface area contributed by atoms with Crippen LogP contribution in [0, 0.1) is 0 Å². The molecule has 0 radical (unpaired) electrons. The molecule has 0 bridgehead atoms. The molecule has 1 aliphatic rings. The van der Waals surface area contributed by atoms with Crippen molar-refractivity contribution in [2.75, 3.05) is 12.9 Å². The molecule has 0 aromatic heterocycles. The van der Waals surface area contributed by atoms with Gasteiger partial charge in [0.05, 0.1) is 12.9 Å². The summed E-state index contributed by atoms with van der Waals surface area (Å²) in [5, 5.41) is 0. The van der Waals surface area contributed by atoms with Crippen LogP contribution in [0.25, 0.3) is 0 Å². The molecule has 15 heavy (non-hydrogen) atoms. The smallest absolute Gasteiger partial charge is 0.339 e. The Morgan fingerprint density at radius 2 is 1.87 bits per heavy atom. The lowest BCUT2D eigenvalue weighted by molar-refractivity contribution is -0.160. The Kier molecular flexibility index (Phi) is 3.72. The maximum absolute atomic E-state index is 11.6. The van der Waals surface area contributed by atoms with E-state index >= 15 is 0 Å². The van der Waals surface area contributed by atoms with Crippen LogP contribution in [0.3, 0.4) is 0 Å². The molecular formula is C9H16O5S. The number of hydrogen-bond donors (Lipinski definition) is 0. The standard InChI is InChI=1S/C9H16O5S/c1-3-13-8(10)9(6-4-5-7-9)14-15(2,11)12/h3-7H2,1-2H3. The summed E-state index contributed by atoms with van der Waals surface area (Å²) < 4.78 is 31.9. The predicted molar refractivity (Wildman–Crippen MR) is 53.8 cm³/mol. The lowest BCUT2D eigenvalue weighted by Crippen LogP contribution is -2.41. The van der Waals surface area contributed by atoms with Gasteiger partial charge in [-0.15, -0.1) is 0 Å². The minimum absolute atomic E-state index is 0.230. The summed E-state index contributed by atoms with van der Waals surface area (Å²) >= 11 is 0. The molecule has 0 amide bonds. The van der Waals surface area contributed by atoms with E-state index in [4.69, 9.17) is 8.92 Å². The zero-order valence-electron chi connectivity index (χ0n) is 8.99. The second-order valence-corrected chi connectivity index (χ2v) is 5.28. The van der Waals surface area contributed by atoms with Gasteiger partial charge < -0.3 is 4.74 Å². The highest BCUT2D eigenvalue weighted by Gasteiger charge is 2.46. The van der Waals surface area contributed by atoms with Crippen molar-refractivity contribution in [1.29, 1.82) is 0 Å². The van der Waals surface area contributed by atoms with Crippen molar-refractivity contribution in [2.24, 2.45) is 0 Å². The van der Waals surface area contributed by atoms with Gasteiger partial charge in [0.2, 0.25) is 0 Å². The van der Waals surface area contributed by atoms with E-state index in [1.165, 1.54) is 0 Å². The first-order valence-electron chi connectivity index (χ1n) is 4.97. The third kappa shape index (κ3) is 3.17. The summed E-state index contributed by atoms with van der Waals surface area (Å²) in [6.07, 6.45) is 3.35. The lowest BCUT2D eigenvalue weighted by Gasteiger charge is -2.24. The molecule has 0 aliphatic heterocycles. The molecule has 0 spiro atoms. The second kappa shape index (κ2) is 4.49. The molecule has 0 N–H and O–H groups in total. The van der Waals surface area contributed by atoms with Crippen LogP contribution in [0.4, 0.5) is 0 Å². The van der Waals surface area contributed by atoms with Gasteiger partial charge in [-0.2, -0.15) is 8.42 Å². The monoisotopic (exact) mass is 236 g/mol. The van der Waals surface area contributed by atoms with Crippen LogP contribution in [0.15, 0.2) is 0 Å². The summed E-state index contributed by atoms with van der Waals surface area (Å²) in [5.74, 6) is -0.562. The van der Waals surface area contributed by atoms with Crippen molar-refractivity contribution in [2.45, 2.75) is 38.2 Å². The Morgan fingerprint density at radius 1 is 1.33 bits per heavy atom. The van der Waals surface area contributed by atoms with E-state index in [1.54, 1.807) is 6.92 Å². The third-order valence-electron chi connectivity index (χ3n) is 2.37. The number of ether oxygens (including phenoxy) is 1. The van der Waals surface area contributed by atoms with Crippen LogP contribution in [0.1, 0.15) is 32.6 Å². The fourth-order valence-electron chi connectivity index (χ4n) is 1.82. The highest BCUT2D eigenvalue weighted by Crippen LogP contribution is 2.35. The molecule has 0 unspecified atom stereocenters. The fourth-order valence-corrected chi connectivity index (χ4v) is 2.63. The molecule has 1 fully saturated rings. The SMILES string of the molecule is CCOC(=O)C1(OS(C)(=O)=O)CCCC1. The molecule has 0 aromatic rings. The van der Waals surface area contributed by atoms with Crippen molar-refractivity contribution in [3.63, 3.8) is 0 Å². The first-order valence-corrected chi connectivity index (χ1v) is 6.79. The van der Waals surface area contributed by atoms with Gasteiger partial charge in [-0.3, -0.25) is 4.18 Å². The van der Waals surface area contributed by atoms with Crippen molar-refractivity contribution in [1.82, 2.24) is 0 Å². The van der Waals surface area contributed by atoms with Gasteiger partial charge in [-0.1, -0.05) is 0 Å². The summed E-state index contributed by atoms with van der Waals surface area (Å²) in [5.41, 5.74) is -1.26. The first kappa shape index (κ1) is 12.4. The van der Waals surface area contributed by atoms with E-state index in [1.807, 2.05) is 0 Å². The fraction of sp³-hybridized carbons (Fsp3) is 0.889. The van der Waals surface area contributed by atoms with Crippen LogP contribution in [-0.4, -0.2) is 32.9 Å². The van der Waals surface area contributed by atoms with E-state index < -0.39 is 21.7 Å². The number of rotatable bonds is 4. The van der Waals surface area contributed by atoms with Crippen molar-refractivity contribution < 1.29 is 22.1 Å². The molecule has 1 rings (SSSR count). The van der Waals surface area contributed by atoms with Crippen LogP contribution in [0.2, 0.25) is 0 Å². The Balaban J connectivity index is 2.84. The van der Waals surface area contributed by atoms with Crippen LogP contribution < -0.4 is 0 Å². The van der Waals surface area contributed by atoms with Gasteiger partial charge in [0, 0.05) is 0 Å². The number of hydrogen-bond acceptors (Lipinski definition) is 5. The zero-order chi connectivity index (χ0) is 11.5. The molecule has 1 aliphatic carbocycles. The Labute approximate surface area is 89.9 Å². The number of carbonyl (C=O) groups is 1. The van der Waals surface area contributed by atoms with E-state index in [9.17, 15) is 13.2 Å². The van der Waals surface area contributed by atoms with E-state index in [2.05, 4.69) is 0 Å². The highest BCUT2D eigenvalue weighted by molar-refractivity contribution is 7.86. The minimum atomic E-state index is -3.63. The molecule has 0 atom stereocenters. The van der Waals surface area contributed by atoms with E-state index in [0.29, 0.717) is 12.8 Å². The Morgan fingerprint density at radius 3 is 2.27 bits per heavy atom. The molecule has 0 saturated heterocycles. The van der Waals surface area contributed by atoms with E-state index in [0.717, 1.165) is 19.1 Å². The predicted octanol–water partition coefficient (Wildman–Crippen LogP) is 0.838. The highest BCUT2D eigenvalue weighted by atomic mass is 32.2. The summed E-state index contributed by atoms with van der Waals surface area (Å²) in [4.78, 5) is 11.6. The molecule has 6 heteroatoms. The molecule has 0 aromatic carbocycles. The number of esters is 1. The second-order valence-electron chi connectivity index (χ2n) is 3.71. The van der Waals surface area contributed by atoms with Crippen LogP contribution in [-0.2, 0) is 23.8 Å². The van der Waals surface area contributed by atoms with Gasteiger partial charge in [0.15, 0.2) is 5.60 Å². The Bertz CT molecular complexity index is 326. The average molecular weight is 236 g/mol. The molecule has 5 nitrogen and oxygen atoms in total. The maximum Gasteiger partial charge on any atom is 0.339 e. The van der Waals surface area contributed by atoms with Crippen LogP contribution >= 0.6 is 0 Å². The van der Waals surface area contributed by atoms with E-state index in [-0.39, 0.29) is 6.61 Å². The Hall–Kier alpha value is -0.620. The topological polar surface area (TPSA) is 69.7 Å². The van der Waals surface area contributed by atoms with Gasteiger partial charge >= 0.3 is 5.97 Å². The third-order valence-corrected chi connectivity index (χ3v) is 2.99. The molecule has 88 valence electrons. The summed E-state index contributed by atoms with van der Waals surface area (Å²) in [7, 11) is -3.63. The minimum Gasteiger partial charge on any atom is -0.464 e. The molecule has 0 heterocycles. The largest absolute Gasteiger partial charge is 0.464 e. The van der Waals surface area contributed by atoms with Crippen LogP contribution in [0.5, 0.6) is 0 Å². The lowest BCUT2D eigenvalue weighted by atomic mass is 10.0. The van der Waals surface area contributed by atoms with Gasteiger partial charge in [0.25, 0.3) is 10.1 Å². The van der Waals surface area contributed by atoms with Gasteiger partial charge in [-0.05, 0) is 32.6 Å². The molecular weight excluding hydrogens is 220 g/mol. The summed E-state index contributed by atoms with van der Waals surface area (Å²) in [6.45, 7) is 1.91. The van der Waals surface area contributed by atoms with Crippen molar-refractivity contribution in [3.8, 4) is 0 Å². The summed E-state index contributed by atoms with van der Waals surface area (Å²) in [6, 6.07) is 0. The number of carbonyl (C=O) groups excluding carboxylic acids is 1. The average Bonchev–Trinajstić information content (AvgIpc) is 2.51. The maximum atomic E-state index is 11.6. The quantitative estimate of drug-likeness (QED) is 0.534.